The van der Waals surface area contributed by atoms with Crippen molar-refractivity contribution in [3.05, 3.63) is 58.7 Å². The molecule has 0 atom stereocenters. The van der Waals surface area contributed by atoms with Crippen LogP contribution in [0.2, 0.25) is 0 Å². The molecule has 0 saturated heterocycles. The zero-order chi connectivity index (χ0) is 26.9. The molecule has 0 heterocycles. The van der Waals surface area contributed by atoms with E-state index in [9.17, 15) is 17.6 Å². The van der Waals surface area contributed by atoms with Gasteiger partial charge in [-0.15, -0.1) is 0 Å². The SMILES string of the molecule is CCCCCCCCCc1ccc(O[B]Oc2ccc(CCCCCCCCC)c(F)c2F)c(F)c1F. The van der Waals surface area contributed by atoms with Crippen LogP contribution in [-0.4, -0.2) is 7.69 Å². The second-order valence-electron chi connectivity index (χ2n) is 9.78. The second kappa shape index (κ2) is 18.1. The van der Waals surface area contributed by atoms with E-state index >= 15 is 0 Å². The molecule has 37 heavy (non-hydrogen) atoms. The molecule has 0 bridgehead atoms. The van der Waals surface area contributed by atoms with Crippen LogP contribution < -0.4 is 9.31 Å². The third-order valence-electron chi connectivity index (χ3n) is 6.70. The van der Waals surface area contributed by atoms with Gasteiger partial charge in [-0.05, 0) is 48.9 Å². The number of hydrogen-bond acceptors (Lipinski definition) is 2. The van der Waals surface area contributed by atoms with Crippen LogP contribution in [0.5, 0.6) is 11.5 Å². The quantitative estimate of drug-likeness (QED) is 0.0981. The smallest absolute Gasteiger partial charge is 0.524 e. The Morgan fingerprint density at radius 1 is 0.486 bits per heavy atom. The van der Waals surface area contributed by atoms with E-state index in [2.05, 4.69) is 13.8 Å². The maximum absolute atomic E-state index is 14.4. The predicted octanol–water partition coefficient (Wildman–Crippen LogP) is 9.82. The highest BCUT2D eigenvalue weighted by Gasteiger charge is 2.18. The molecule has 7 heteroatoms. The van der Waals surface area contributed by atoms with Crippen molar-refractivity contribution in [2.45, 2.75) is 117 Å². The summed E-state index contributed by atoms with van der Waals surface area (Å²) in [7, 11) is 0.682. The summed E-state index contributed by atoms with van der Waals surface area (Å²) in [6.07, 6.45) is 16.2. The fourth-order valence-electron chi connectivity index (χ4n) is 4.38. The van der Waals surface area contributed by atoms with Gasteiger partial charge < -0.3 is 9.31 Å². The highest BCUT2D eigenvalue weighted by Crippen LogP contribution is 2.26. The molecule has 0 amide bonds. The third-order valence-corrected chi connectivity index (χ3v) is 6.70. The average Bonchev–Trinajstić information content (AvgIpc) is 2.90. The van der Waals surface area contributed by atoms with E-state index < -0.39 is 23.3 Å². The van der Waals surface area contributed by atoms with Gasteiger partial charge in [-0.25, -0.2) is 8.78 Å². The van der Waals surface area contributed by atoms with Gasteiger partial charge in [-0.3, -0.25) is 0 Å². The zero-order valence-electron chi connectivity index (χ0n) is 22.5. The number of hydrogen-bond donors (Lipinski definition) is 0. The third kappa shape index (κ3) is 11.0. The summed E-state index contributed by atoms with van der Waals surface area (Å²) < 4.78 is 67.8. The van der Waals surface area contributed by atoms with Crippen LogP contribution in [0, 0.1) is 23.3 Å². The van der Waals surface area contributed by atoms with Gasteiger partial charge >= 0.3 is 7.69 Å². The van der Waals surface area contributed by atoms with E-state index in [1.54, 1.807) is 0 Å². The van der Waals surface area contributed by atoms with Gasteiger partial charge in [0.1, 0.15) is 11.5 Å². The van der Waals surface area contributed by atoms with Gasteiger partial charge in [0.2, 0.25) is 0 Å². The van der Waals surface area contributed by atoms with E-state index in [1.807, 2.05) is 0 Å². The van der Waals surface area contributed by atoms with E-state index in [0.717, 1.165) is 38.5 Å². The number of halogens is 4. The molecule has 0 aliphatic heterocycles. The zero-order valence-corrected chi connectivity index (χ0v) is 22.5. The Morgan fingerprint density at radius 2 is 0.838 bits per heavy atom. The number of aryl methyl sites for hydroxylation is 2. The minimum atomic E-state index is -1.13. The molecule has 0 fully saturated rings. The number of rotatable bonds is 20. The van der Waals surface area contributed by atoms with Gasteiger partial charge in [0.05, 0.1) is 0 Å². The summed E-state index contributed by atoms with van der Waals surface area (Å²) >= 11 is 0. The van der Waals surface area contributed by atoms with Crippen molar-refractivity contribution in [1.82, 2.24) is 0 Å². The summed E-state index contributed by atoms with van der Waals surface area (Å²) in [5.74, 6) is -4.92. The summed E-state index contributed by atoms with van der Waals surface area (Å²) in [6.45, 7) is 4.34. The fourth-order valence-corrected chi connectivity index (χ4v) is 4.38. The lowest BCUT2D eigenvalue weighted by Crippen LogP contribution is -2.14. The Balaban J connectivity index is 1.78. The van der Waals surface area contributed by atoms with Crippen molar-refractivity contribution < 1.29 is 26.9 Å². The fraction of sp³-hybridized carbons (Fsp3) is 0.600. The van der Waals surface area contributed by atoms with Crippen molar-refractivity contribution in [2.75, 3.05) is 0 Å². The first-order chi connectivity index (χ1) is 18.0. The molecule has 2 aromatic carbocycles. The monoisotopic (exact) mass is 521 g/mol. The van der Waals surface area contributed by atoms with Crippen molar-refractivity contribution in [3.63, 3.8) is 0 Å². The minimum Gasteiger partial charge on any atom is -0.524 e. The first kappa shape index (κ1) is 31.0. The molecule has 0 unspecified atom stereocenters. The Morgan fingerprint density at radius 3 is 1.22 bits per heavy atom. The molecule has 0 aliphatic rings. The van der Waals surface area contributed by atoms with Crippen molar-refractivity contribution in [3.8, 4) is 11.5 Å². The van der Waals surface area contributed by atoms with E-state index in [4.69, 9.17) is 9.31 Å². The highest BCUT2D eigenvalue weighted by molar-refractivity contribution is 6.20. The second-order valence-corrected chi connectivity index (χ2v) is 9.78. The first-order valence-electron chi connectivity index (χ1n) is 14.1. The summed E-state index contributed by atoms with van der Waals surface area (Å²) in [5, 5.41) is 0. The highest BCUT2D eigenvalue weighted by atomic mass is 19.2. The van der Waals surface area contributed by atoms with Crippen LogP contribution in [0.25, 0.3) is 0 Å². The maximum Gasteiger partial charge on any atom is 0.658 e. The van der Waals surface area contributed by atoms with Gasteiger partial charge in [0.25, 0.3) is 0 Å². The van der Waals surface area contributed by atoms with Gasteiger partial charge in [0.15, 0.2) is 23.3 Å². The lowest BCUT2D eigenvalue weighted by molar-refractivity contribution is 0.396. The Kier molecular flexibility index (Phi) is 15.2. The maximum atomic E-state index is 14.4. The van der Waals surface area contributed by atoms with Gasteiger partial charge in [-0.1, -0.05) is 103 Å². The number of unbranched alkanes of at least 4 members (excludes halogenated alkanes) is 12. The molecule has 0 spiro atoms. The van der Waals surface area contributed by atoms with Crippen LogP contribution >= 0.6 is 0 Å². The largest absolute Gasteiger partial charge is 0.658 e. The molecule has 2 rings (SSSR count). The molecule has 0 N–H and O–H groups in total. The summed E-state index contributed by atoms with van der Waals surface area (Å²) in [5.41, 5.74) is 0.591. The van der Waals surface area contributed by atoms with Crippen LogP contribution in [0.1, 0.15) is 115 Å². The molecule has 2 aromatic rings. The molecule has 1 radical (unpaired) electrons. The molecular formula is C30H42BF4O2. The normalized spacial score (nSPS) is 11.1. The molecule has 0 saturated carbocycles. The molecular weight excluding hydrogens is 479 g/mol. The van der Waals surface area contributed by atoms with Crippen LogP contribution in [-0.2, 0) is 12.8 Å². The molecule has 0 aliphatic carbocycles. The van der Waals surface area contributed by atoms with Gasteiger partial charge in [-0.2, -0.15) is 8.78 Å². The number of benzene rings is 2. The van der Waals surface area contributed by atoms with E-state index in [0.29, 0.717) is 31.7 Å². The summed E-state index contributed by atoms with van der Waals surface area (Å²) in [4.78, 5) is 0. The Hall–Kier alpha value is -2.18. The molecule has 0 aromatic heterocycles. The van der Waals surface area contributed by atoms with E-state index in [-0.39, 0.29) is 11.5 Å². The standard InChI is InChI=1S/C30H42BF4O2/c1-3-5-7-9-11-13-15-17-23-19-21-25(29(34)27(23)32)36-31-37-26-22-20-24(28(33)30(26)35)18-16-14-12-10-8-6-4-2/h19-22H,3-18H2,1-2H3. The topological polar surface area (TPSA) is 18.5 Å². The minimum absolute atomic E-state index is 0.295. The molecule has 2 nitrogen and oxygen atoms in total. The Labute approximate surface area is 221 Å². The summed E-state index contributed by atoms with van der Waals surface area (Å²) in [6, 6.07) is 5.60. The average molecular weight is 521 g/mol. The lowest BCUT2D eigenvalue weighted by atomic mass is 10.0. The predicted molar refractivity (Wildman–Crippen MR) is 143 cm³/mol. The first-order valence-corrected chi connectivity index (χ1v) is 14.1. The van der Waals surface area contributed by atoms with Crippen molar-refractivity contribution >= 4 is 7.69 Å². The molecule has 205 valence electrons. The van der Waals surface area contributed by atoms with Crippen molar-refractivity contribution in [2.24, 2.45) is 0 Å². The van der Waals surface area contributed by atoms with Crippen LogP contribution in [0.15, 0.2) is 24.3 Å². The van der Waals surface area contributed by atoms with Gasteiger partial charge in [0, 0.05) is 0 Å². The van der Waals surface area contributed by atoms with Crippen LogP contribution in [0.3, 0.4) is 0 Å². The van der Waals surface area contributed by atoms with E-state index in [1.165, 1.54) is 75.6 Å². The van der Waals surface area contributed by atoms with Crippen molar-refractivity contribution in [1.29, 1.82) is 0 Å². The Bertz CT molecular complexity index is 849. The van der Waals surface area contributed by atoms with Crippen LogP contribution in [0.4, 0.5) is 17.6 Å². The lowest BCUT2D eigenvalue weighted by Gasteiger charge is -2.12.